The van der Waals surface area contributed by atoms with Crippen molar-refractivity contribution in [2.24, 2.45) is 0 Å². The maximum atomic E-state index is 10.3. The van der Waals surface area contributed by atoms with E-state index < -0.39 is 35.8 Å². The molecule has 0 fully saturated rings. The minimum absolute atomic E-state index is 0.887. The molecule has 0 aromatic rings. The second-order valence-electron chi connectivity index (χ2n) is 2.72. The van der Waals surface area contributed by atoms with Gasteiger partial charge in [-0.25, -0.2) is 4.79 Å². The molecule has 0 unspecified atom stereocenters. The molecule has 4 atom stereocenters. The largest absolute Gasteiger partial charge is 0.478 e. The standard InChI is InChI=1S/C6H12O7S/c7-1-2(8)3(9)4(10)6(13,14)5(11)12/h2-4,7-10,13-14H,1H2,(H,11,12)/t2-,3-,4+,6+/m1/s1. The van der Waals surface area contributed by atoms with Gasteiger partial charge in [0.15, 0.2) is 0 Å². The van der Waals surface area contributed by atoms with Gasteiger partial charge in [-0.3, -0.25) is 0 Å². The number of carboxylic acid groups (broad SMARTS) is 1. The lowest BCUT2D eigenvalue weighted by atomic mass is 10.0. The van der Waals surface area contributed by atoms with Crippen LogP contribution in [0.1, 0.15) is 0 Å². The molecular weight excluding hydrogens is 216 g/mol. The van der Waals surface area contributed by atoms with Crippen LogP contribution in [0.15, 0.2) is 0 Å². The molecule has 0 bridgehead atoms. The predicted molar refractivity (Wildman–Crippen MR) is 46.7 cm³/mol. The van der Waals surface area contributed by atoms with E-state index in [4.69, 9.17) is 30.6 Å². The Morgan fingerprint density at radius 1 is 1.36 bits per heavy atom. The van der Waals surface area contributed by atoms with Gasteiger partial charge in [-0.05, 0) is 0 Å². The minimum atomic E-state index is -2.89. The van der Waals surface area contributed by atoms with Gasteiger partial charge in [-0.1, -0.05) is 0 Å². The van der Waals surface area contributed by atoms with Crippen LogP contribution in [-0.2, 0) is 4.79 Å². The molecule has 0 saturated carbocycles. The Morgan fingerprint density at radius 3 is 2.07 bits per heavy atom. The van der Waals surface area contributed by atoms with Crippen LogP contribution < -0.4 is 0 Å². The van der Waals surface area contributed by atoms with Gasteiger partial charge in [0.2, 0.25) is 4.93 Å². The summed E-state index contributed by atoms with van der Waals surface area (Å²) in [4.78, 5) is 7.44. The lowest BCUT2D eigenvalue weighted by Crippen LogP contribution is -2.54. The van der Waals surface area contributed by atoms with E-state index in [-0.39, 0.29) is 0 Å². The molecule has 0 heterocycles. The highest BCUT2D eigenvalue weighted by Crippen LogP contribution is 2.20. The molecule has 0 amide bonds. The van der Waals surface area contributed by atoms with E-state index in [2.05, 4.69) is 12.6 Å². The lowest BCUT2D eigenvalue weighted by molar-refractivity contribution is -0.170. The van der Waals surface area contributed by atoms with E-state index in [1.165, 1.54) is 0 Å². The smallest absolute Gasteiger partial charge is 0.349 e. The van der Waals surface area contributed by atoms with Crippen molar-refractivity contribution in [2.45, 2.75) is 23.2 Å². The summed E-state index contributed by atoms with van der Waals surface area (Å²) in [5.74, 6) is -1.88. The van der Waals surface area contributed by atoms with Gasteiger partial charge in [0, 0.05) is 0 Å². The monoisotopic (exact) mass is 228 g/mol. The van der Waals surface area contributed by atoms with Crippen LogP contribution in [0.4, 0.5) is 0 Å². The molecule has 6 N–H and O–H groups in total. The number of aliphatic hydroxyl groups excluding tert-OH is 4. The van der Waals surface area contributed by atoms with Crippen LogP contribution in [0.25, 0.3) is 0 Å². The summed E-state index contributed by atoms with van der Waals surface area (Å²) in [6, 6.07) is 0. The van der Waals surface area contributed by atoms with E-state index in [1.54, 1.807) is 0 Å². The molecular formula is C6H12O7S. The van der Waals surface area contributed by atoms with Crippen molar-refractivity contribution in [3.8, 4) is 0 Å². The van der Waals surface area contributed by atoms with Crippen LogP contribution in [0.3, 0.4) is 0 Å². The highest BCUT2D eigenvalue weighted by Gasteiger charge is 2.45. The Balaban J connectivity index is 4.60. The quantitative estimate of drug-likeness (QED) is 0.194. The second kappa shape index (κ2) is 4.91. The zero-order chi connectivity index (χ0) is 11.5. The number of aliphatic hydroxyl groups is 5. The number of rotatable bonds is 5. The van der Waals surface area contributed by atoms with E-state index in [9.17, 15) is 4.79 Å². The fourth-order valence-corrected chi connectivity index (χ4v) is 0.836. The lowest BCUT2D eigenvalue weighted by Gasteiger charge is -2.29. The molecule has 8 heteroatoms. The highest BCUT2D eigenvalue weighted by atomic mass is 32.1. The van der Waals surface area contributed by atoms with Crippen LogP contribution in [0, 0.1) is 0 Å². The molecule has 0 spiro atoms. The van der Waals surface area contributed by atoms with Crippen LogP contribution >= 0.6 is 12.6 Å². The Bertz CT molecular complexity index is 206. The summed E-state index contributed by atoms with van der Waals surface area (Å²) >= 11 is 3.20. The molecule has 0 aliphatic carbocycles. The van der Waals surface area contributed by atoms with Gasteiger partial charge in [0.05, 0.1) is 6.61 Å². The molecule has 84 valence electrons. The molecule has 0 saturated heterocycles. The normalized spacial score (nSPS) is 22.1. The fraction of sp³-hybridized carbons (Fsp3) is 0.833. The predicted octanol–water partition coefficient (Wildman–Crippen LogP) is -3.24. The maximum absolute atomic E-state index is 10.3. The van der Waals surface area contributed by atoms with E-state index in [1.807, 2.05) is 0 Å². The van der Waals surface area contributed by atoms with E-state index in [0.29, 0.717) is 0 Å². The third-order valence-electron chi connectivity index (χ3n) is 1.63. The van der Waals surface area contributed by atoms with Gasteiger partial charge in [0.25, 0.3) is 0 Å². The van der Waals surface area contributed by atoms with Crippen molar-refractivity contribution in [1.82, 2.24) is 0 Å². The number of thiol groups is 1. The third kappa shape index (κ3) is 2.80. The molecule has 0 aromatic carbocycles. The Kier molecular flexibility index (Phi) is 4.78. The number of carbonyl (C=O) groups is 1. The molecule has 0 aliphatic rings. The van der Waals surface area contributed by atoms with Crippen LogP contribution in [0.2, 0.25) is 0 Å². The number of hydrogen-bond donors (Lipinski definition) is 7. The summed E-state index contributed by atoms with van der Waals surface area (Å²) in [5, 5.41) is 52.8. The summed E-state index contributed by atoms with van der Waals surface area (Å²) in [7, 11) is 0. The topological polar surface area (TPSA) is 138 Å². The summed E-state index contributed by atoms with van der Waals surface area (Å²) in [5.41, 5.74) is 0. The van der Waals surface area contributed by atoms with Crippen molar-refractivity contribution in [2.75, 3.05) is 6.61 Å². The van der Waals surface area contributed by atoms with Crippen molar-refractivity contribution < 1.29 is 35.4 Å². The van der Waals surface area contributed by atoms with Gasteiger partial charge in [-0.15, -0.1) is 12.6 Å². The number of hydrogen-bond acceptors (Lipinski definition) is 7. The average molecular weight is 228 g/mol. The molecule has 14 heavy (non-hydrogen) atoms. The number of carboxylic acids is 1. The van der Waals surface area contributed by atoms with Crippen molar-refractivity contribution in [3.63, 3.8) is 0 Å². The average Bonchev–Trinajstić information content (AvgIpc) is 2.13. The van der Waals surface area contributed by atoms with Gasteiger partial charge in [-0.2, -0.15) is 0 Å². The summed E-state index contributed by atoms with van der Waals surface area (Å²) in [6.07, 6.45) is -6.01. The first kappa shape index (κ1) is 13.6. The maximum Gasteiger partial charge on any atom is 0.349 e. The van der Waals surface area contributed by atoms with Crippen molar-refractivity contribution in [3.05, 3.63) is 0 Å². The van der Waals surface area contributed by atoms with Crippen molar-refractivity contribution in [1.29, 1.82) is 0 Å². The van der Waals surface area contributed by atoms with Crippen LogP contribution in [-0.4, -0.2) is 66.5 Å². The first-order valence-corrected chi connectivity index (χ1v) is 4.03. The Morgan fingerprint density at radius 2 is 1.79 bits per heavy atom. The third-order valence-corrected chi connectivity index (χ3v) is 2.09. The second-order valence-corrected chi connectivity index (χ2v) is 3.40. The van der Waals surface area contributed by atoms with Gasteiger partial charge < -0.3 is 30.6 Å². The van der Waals surface area contributed by atoms with Gasteiger partial charge >= 0.3 is 5.97 Å². The molecule has 0 rings (SSSR count). The molecule has 0 aliphatic heterocycles. The van der Waals surface area contributed by atoms with Gasteiger partial charge in [0.1, 0.15) is 18.3 Å². The molecule has 0 radical (unpaired) electrons. The molecule has 0 aromatic heterocycles. The summed E-state index contributed by atoms with van der Waals surface area (Å²) in [6.45, 7) is -0.887. The van der Waals surface area contributed by atoms with Crippen LogP contribution in [0.5, 0.6) is 0 Å². The first-order chi connectivity index (χ1) is 6.25. The molecule has 7 nitrogen and oxygen atoms in total. The van der Waals surface area contributed by atoms with E-state index >= 15 is 0 Å². The summed E-state index contributed by atoms with van der Waals surface area (Å²) < 4.78 is 0. The zero-order valence-corrected chi connectivity index (χ0v) is 7.87. The van der Waals surface area contributed by atoms with E-state index in [0.717, 1.165) is 0 Å². The van der Waals surface area contributed by atoms with Crippen molar-refractivity contribution >= 4 is 18.6 Å². The Labute approximate surface area is 84.6 Å². The SMILES string of the molecule is O=C(O)[C@@](O)(S)[C@@H](O)[C@H](O)[C@H](O)CO. The fourth-order valence-electron chi connectivity index (χ4n) is 0.683. The first-order valence-electron chi connectivity index (χ1n) is 3.58. The highest BCUT2D eigenvalue weighted by molar-refractivity contribution is 7.82. The number of aliphatic carboxylic acids is 1. The minimum Gasteiger partial charge on any atom is -0.478 e. The Hall–Kier alpha value is -0.380. The zero-order valence-electron chi connectivity index (χ0n) is 6.98.